The zero-order chi connectivity index (χ0) is 15.2. The van der Waals surface area contributed by atoms with Gasteiger partial charge in [0.25, 0.3) is 5.91 Å². The van der Waals surface area contributed by atoms with Gasteiger partial charge in [-0.1, -0.05) is 40.9 Å². The Bertz CT molecular complexity index is 478. The molecule has 1 aromatic carbocycles. The van der Waals surface area contributed by atoms with Gasteiger partial charge in [-0.15, -0.1) is 0 Å². The first-order valence-electron chi connectivity index (χ1n) is 7.04. The zero-order valence-electron chi connectivity index (χ0n) is 11.6. The quantitative estimate of drug-likeness (QED) is 0.714. The summed E-state index contributed by atoms with van der Waals surface area (Å²) in [6.07, 6.45) is 4.14. The van der Waals surface area contributed by atoms with E-state index in [9.17, 15) is 13.6 Å². The molecule has 0 saturated heterocycles. The summed E-state index contributed by atoms with van der Waals surface area (Å²) in [5, 5.41) is 0.660. The van der Waals surface area contributed by atoms with E-state index in [2.05, 4.69) is 20.7 Å². The lowest BCUT2D eigenvalue weighted by Gasteiger charge is -2.29. The van der Waals surface area contributed by atoms with Crippen molar-refractivity contribution in [1.29, 1.82) is 0 Å². The molecule has 0 bridgehead atoms. The Labute approximate surface area is 131 Å². The Morgan fingerprint density at radius 3 is 2.62 bits per heavy atom. The van der Waals surface area contributed by atoms with Gasteiger partial charge in [-0.05, 0) is 25.0 Å². The van der Waals surface area contributed by atoms with Gasteiger partial charge in [0.15, 0.2) is 0 Å². The first-order chi connectivity index (χ1) is 10.1. The molecule has 3 nitrogen and oxygen atoms in total. The number of halogens is 3. The molecule has 116 valence electrons. The van der Waals surface area contributed by atoms with Crippen LogP contribution in [0.2, 0.25) is 0 Å². The molecule has 0 atom stereocenters. The van der Waals surface area contributed by atoms with Gasteiger partial charge >= 0.3 is 6.61 Å². The number of carbonyl (C=O) groups excluding carboxylic acids is 1. The van der Waals surface area contributed by atoms with Gasteiger partial charge in [0.05, 0.1) is 5.56 Å². The molecule has 1 saturated carbocycles. The van der Waals surface area contributed by atoms with Gasteiger partial charge in [-0.3, -0.25) is 4.79 Å². The standard InChI is InChI=1S/C15H18BrF2NO2/c16-9-10-19(11-5-1-2-6-11)14(20)12-7-3-4-8-13(12)21-15(17)18/h3-4,7-8,11,15H,1-2,5-6,9-10H2. The van der Waals surface area contributed by atoms with E-state index in [0.29, 0.717) is 11.9 Å². The van der Waals surface area contributed by atoms with E-state index >= 15 is 0 Å². The van der Waals surface area contributed by atoms with Crippen LogP contribution in [0, 0.1) is 0 Å². The van der Waals surface area contributed by atoms with Crippen molar-refractivity contribution >= 4 is 21.8 Å². The molecular formula is C15H18BrF2NO2. The highest BCUT2D eigenvalue weighted by molar-refractivity contribution is 9.09. The van der Waals surface area contributed by atoms with Crippen LogP contribution in [0.3, 0.4) is 0 Å². The van der Waals surface area contributed by atoms with Crippen molar-refractivity contribution in [3.63, 3.8) is 0 Å². The summed E-state index contributed by atoms with van der Waals surface area (Å²) in [5.74, 6) is -0.298. The van der Waals surface area contributed by atoms with Gasteiger partial charge in [-0.25, -0.2) is 0 Å². The fourth-order valence-electron chi connectivity index (χ4n) is 2.75. The minimum absolute atomic E-state index is 0.0601. The third-order valence-electron chi connectivity index (χ3n) is 3.69. The maximum Gasteiger partial charge on any atom is 0.387 e. The number of alkyl halides is 3. The van der Waals surface area contributed by atoms with Crippen LogP contribution in [-0.2, 0) is 0 Å². The number of para-hydroxylation sites is 1. The van der Waals surface area contributed by atoms with Gasteiger partial charge < -0.3 is 9.64 Å². The number of hydrogen-bond donors (Lipinski definition) is 0. The topological polar surface area (TPSA) is 29.5 Å². The van der Waals surface area contributed by atoms with E-state index in [-0.39, 0.29) is 23.3 Å². The van der Waals surface area contributed by atoms with Crippen LogP contribution in [0.5, 0.6) is 5.75 Å². The van der Waals surface area contributed by atoms with Gasteiger partial charge in [-0.2, -0.15) is 8.78 Å². The Balaban J connectivity index is 2.23. The smallest absolute Gasteiger partial charge is 0.387 e. The zero-order valence-corrected chi connectivity index (χ0v) is 13.2. The normalized spacial score (nSPS) is 15.4. The third kappa shape index (κ3) is 4.15. The minimum Gasteiger partial charge on any atom is -0.434 e. The molecule has 1 amide bonds. The second-order valence-electron chi connectivity index (χ2n) is 5.00. The van der Waals surface area contributed by atoms with E-state index in [0.717, 1.165) is 25.7 Å². The van der Waals surface area contributed by atoms with Gasteiger partial charge in [0.1, 0.15) is 5.75 Å². The number of rotatable bonds is 6. The summed E-state index contributed by atoms with van der Waals surface area (Å²) in [6, 6.07) is 6.37. The molecule has 0 N–H and O–H groups in total. The average molecular weight is 362 g/mol. The molecule has 0 aromatic heterocycles. The van der Waals surface area contributed by atoms with Crippen molar-refractivity contribution in [3.05, 3.63) is 29.8 Å². The van der Waals surface area contributed by atoms with Gasteiger partial charge in [0, 0.05) is 17.9 Å². The maximum atomic E-state index is 12.7. The lowest BCUT2D eigenvalue weighted by Crippen LogP contribution is -2.40. The third-order valence-corrected chi connectivity index (χ3v) is 4.04. The summed E-state index contributed by atoms with van der Waals surface area (Å²) in [4.78, 5) is 14.5. The minimum atomic E-state index is -2.94. The maximum absolute atomic E-state index is 12.7. The Morgan fingerprint density at radius 2 is 2.00 bits per heavy atom. The van der Waals surface area contributed by atoms with Crippen molar-refractivity contribution in [3.8, 4) is 5.75 Å². The number of nitrogens with zero attached hydrogens (tertiary/aromatic N) is 1. The van der Waals surface area contributed by atoms with Crippen LogP contribution in [0.4, 0.5) is 8.78 Å². The lowest BCUT2D eigenvalue weighted by molar-refractivity contribution is -0.0503. The SMILES string of the molecule is O=C(c1ccccc1OC(F)F)N(CCBr)C1CCCC1. The second-order valence-corrected chi connectivity index (χ2v) is 5.79. The Hall–Kier alpha value is -1.17. The monoisotopic (exact) mass is 361 g/mol. The predicted molar refractivity (Wildman–Crippen MR) is 80.2 cm³/mol. The molecule has 2 rings (SSSR count). The Morgan fingerprint density at radius 1 is 1.33 bits per heavy atom. The summed E-state index contributed by atoms with van der Waals surface area (Å²) in [5.41, 5.74) is 0.200. The number of hydrogen-bond acceptors (Lipinski definition) is 2. The molecule has 6 heteroatoms. The summed E-state index contributed by atoms with van der Waals surface area (Å²) in [6.45, 7) is -2.37. The van der Waals surface area contributed by atoms with Crippen LogP contribution >= 0.6 is 15.9 Å². The highest BCUT2D eigenvalue weighted by Gasteiger charge is 2.28. The van der Waals surface area contributed by atoms with Crippen molar-refractivity contribution in [2.75, 3.05) is 11.9 Å². The number of ether oxygens (including phenoxy) is 1. The molecule has 1 aromatic rings. The van der Waals surface area contributed by atoms with Crippen molar-refractivity contribution in [2.45, 2.75) is 38.3 Å². The average Bonchev–Trinajstić information content (AvgIpc) is 2.98. The largest absolute Gasteiger partial charge is 0.434 e. The first kappa shape index (κ1) is 16.2. The molecule has 1 fully saturated rings. The lowest BCUT2D eigenvalue weighted by atomic mass is 10.1. The molecule has 1 aliphatic carbocycles. The van der Waals surface area contributed by atoms with E-state index < -0.39 is 6.61 Å². The molecular weight excluding hydrogens is 344 g/mol. The summed E-state index contributed by atoms with van der Waals surface area (Å²) in [7, 11) is 0. The van der Waals surface area contributed by atoms with Crippen molar-refractivity contribution in [1.82, 2.24) is 4.90 Å². The summed E-state index contributed by atoms with van der Waals surface area (Å²) < 4.78 is 29.4. The highest BCUT2D eigenvalue weighted by Crippen LogP contribution is 2.28. The fourth-order valence-corrected chi connectivity index (χ4v) is 3.14. The van der Waals surface area contributed by atoms with E-state index in [4.69, 9.17) is 0 Å². The van der Waals surface area contributed by atoms with Gasteiger partial charge in [0.2, 0.25) is 0 Å². The van der Waals surface area contributed by atoms with Crippen molar-refractivity contribution in [2.24, 2.45) is 0 Å². The van der Waals surface area contributed by atoms with E-state index in [1.165, 1.54) is 12.1 Å². The fraction of sp³-hybridized carbons (Fsp3) is 0.533. The number of benzene rings is 1. The second kappa shape index (κ2) is 7.73. The molecule has 1 aliphatic rings. The highest BCUT2D eigenvalue weighted by atomic mass is 79.9. The van der Waals surface area contributed by atoms with Crippen LogP contribution < -0.4 is 4.74 Å². The number of amides is 1. The predicted octanol–water partition coefficient (Wildman–Crippen LogP) is 4.07. The molecule has 0 spiro atoms. The number of carbonyl (C=O) groups is 1. The van der Waals surface area contributed by atoms with Crippen LogP contribution in [-0.4, -0.2) is 35.3 Å². The van der Waals surface area contributed by atoms with Crippen LogP contribution in [0.1, 0.15) is 36.0 Å². The molecule has 21 heavy (non-hydrogen) atoms. The summed E-state index contributed by atoms with van der Waals surface area (Å²) >= 11 is 3.35. The van der Waals surface area contributed by atoms with E-state index in [1.807, 2.05) is 0 Å². The first-order valence-corrected chi connectivity index (χ1v) is 8.16. The van der Waals surface area contributed by atoms with Crippen LogP contribution in [0.25, 0.3) is 0 Å². The molecule has 0 heterocycles. The van der Waals surface area contributed by atoms with E-state index in [1.54, 1.807) is 17.0 Å². The molecule has 0 unspecified atom stereocenters. The molecule has 0 aliphatic heterocycles. The molecule has 0 radical (unpaired) electrons. The van der Waals surface area contributed by atoms with Crippen molar-refractivity contribution < 1.29 is 18.3 Å². The Kier molecular flexibility index (Phi) is 5.96. The van der Waals surface area contributed by atoms with Crippen LogP contribution in [0.15, 0.2) is 24.3 Å².